The van der Waals surface area contributed by atoms with Crippen molar-refractivity contribution in [3.8, 4) is 0 Å². The maximum absolute atomic E-state index is 13.2. The highest BCUT2D eigenvalue weighted by molar-refractivity contribution is 7.15. The lowest BCUT2D eigenvalue weighted by Gasteiger charge is -2.39. The number of alkyl halides is 1. The molecular formula is C17H25FN4OS. The lowest BCUT2D eigenvalue weighted by atomic mass is 9.77. The third kappa shape index (κ3) is 2.80. The summed E-state index contributed by atoms with van der Waals surface area (Å²) >= 11 is 1.69. The van der Waals surface area contributed by atoms with Gasteiger partial charge in [0.05, 0.1) is 5.92 Å². The van der Waals surface area contributed by atoms with Gasteiger partial charge in [-0.05, 0) is 44.4 Å². The molecule has 0 aromatic carbocycles. The molecule has 1 saturated carbocycles. The Labute approximate surface area is 146 Å². The molecule has 2 aliphatic heterocycles. The van der Waals surface area contributed by atoms with Crippen molar-refractivity contribution < 1.29 is 9.18 Å². The molecule has 1 aromatic heterocycles. The molecule has 3 unspecified atom stereocenters. The molecule has 7 heteroatoms. The fraction of sp³-hybridized carbons (Fsp3) is 0.824. The largest absolute Gasteiger partial charge is 0.347 e. The smallest absolute Gasteiger partial charge is 0.228 e. The van der Waals surface area contributed by atoms with Crippen molar-refractivity contribution in [2.75, 3.05) is 24.5 Å². The molecule has 2 saturated heterocycles. The van der Waals surface area contributed by atoms with Crippen LogP contribution in [0.25, 0.3) is 0 Å². The minimum atomic E-state index is -0.895. The van der Waals surface area contributed by atoms with Crippen LogP contribution in [0, 0.1) is 11.3 Å². The molecule has 0 radical (unpaired) electrons. The van der Waals surface area contributed by atoms with Gasteiger partial charge in [-0.2, -0.15) is 0 Å². The van der Waals surface area contributed by atoms with Crippen molar-refractivity contribution in [1.82, 2.24) is 15.1 Å². The van der Waals surface area contributed by atoms with E-state index in [1.54, 1.807) is 11.3 Å². The molecule has 5 nitrogen and oxygen atoms in total. The maximum Gasteiger partial charge on any atom is 0.228 e. The summed E-state index contributed by atoms with van der Waals surface area (Å²) < 4.78 is 13.2. The molecule has 24 heavy (non-hydrogen) atoms. The number of aryl methyl sites for hydroxylation is 1. The maximum atomic E-state index is 13.2. The summed E-state index contributed by atoms with van der Waals surface area (Å²) in [6.45, 7) is 6.97. The van der Waals surface area contributed by atoms with Crippen LogP contribution in [-0.2, 0) is 11.2 Å². The van der Waals surface area contributed by atoms with Crippen molar-refractivity contribution in [2.24, 2.45) is 11.3 Å². The number of hydrogen-bond acceptors (Lipinski definition) is 5. The summed E-state index contributed by atoms with van der Waals surface area (Å²) in [6, 6.07) is 0.241. The first-order valence-electron chi connectivity index (χ1n) is 9.03. The van der Waals surface area contributed by atoms with Gasteiger partial charge in [0.1, 0.15) is 11.2 Å². The van der Waals surface area contributed by atoms with Crippen LogP contribution in [0.2, 0.25) is 0 Å². The third-order valence-corrected chi connectivity index (χ3v) is 7.06. The number of nitrogens with zero attached hydrogens (tertiary/aromatic N) is 4. The van der Waals surface area contributed by atoms with Gasteiger partial charge in [-0.1, -0.05) is 18.3 Å². The highest BCUT2D eigenvalue weighted by Gasteiger charge is 2.51. The number of piperidine rings is 1. The predicted octanol–water partition coefficient (Wildman–Crippen LogP) is 2.67. The van der Waals surface area contributed by atoms with Crippen molar-refractivity contribution in [1.29, 1.82) is 0 Å². The van der Waals surface area contributed by atoms with E-state index in [1.165, 1.54) is 0 Å². The van der Waals surface area contributed by atoms with E-state index in [0.29, 0.717) is 6.42 Å². The van der Waals surface area contributed by atoms with E-state index < -0.39 is 6.17 Å². The fourth-order valence-corrected chi connectivity index (χ4v) is 5.13. The summed E-state index contributed by atoms with van der Waals surface area (Å²) in [5, 5.41) is 10.6. The Bertz CT molecular complexity index is 628. The Balaban J connectivity index is 1.39. The van der Waals surface area contributed by atoms with Crippen LogP contribution in [0.4, 0.5) is 9.52 Å². The summed E-state index contributed by atoms with van der Waals surface area (Å²) in [5.41, 5.74) is 0.213. The third-order valence-electron chi connectivity index (χ3n) is 5.93. The SMILES string of the molecule is CCc1nnc(N2CCC3(CC2)CC(C)N(C(=O)C2CC2F)C3)s1. The van der Waals surface area contributed by atoms with Gasteiger partial charge in [-0.15, -0.1) is 10.2 Å². The Hall–Kier alpha value is -1.24. The van der Waals surface area contributed by atoms with Crippen LogP contribution < -0.4 is 4.90 Å². The Morgan fingerprint density at radius 3 is 2.67 bits per heavy atom. The second-order valence-electron chi connectivity index (χ2n) is 7.70. The van der Waals surface area contributed by atoms with Crippen LogP contribution in [0.3, 0.4) is 0 Å². The zero-order valence-electron chi connectivity index (χ0n) is 14.4. The van der Waals surface area contributed by atoms with Crippen molar-refractivity contribution in [3.05, 3.63) is 5.01 Å². The zero-order chi connectivity index (χ0) is 16.9. The zero-order valence-corrected chi connectivity index (χ0v) is 15.2. The average Bonchev–Trinajstić information content (AvgIpc) is 2.99. The van der Waals surface area contributed by atoms with Crippen LogP contribution in [-0.4, -0.2) is 52.9 Å². The second-order valence-corrected chi connectivity index (χ2v) is 8.74. The molecular weight excluding hydrogens is 327 g/mol. The summed E-state index contributed by atoms with van der Waals surface area (Å²) in [6.07, 6.45) is 3.67. The summed E-state index contributed by atoms with van der Waals surface area (Å²) in [7, 11) is 0. The number of amides is 1. The number of hydrogen-bond donors (Lipinski definition) is 0. The average molecular weight is 352 g/mol. The molecule has 3 atom stereocenters. The van der Waals surface area contributed by atoms with Crippen LogP contribution >= 0.6 is 11.3 Å². The van der Waals surface area contributed by atoms with Gasteiger partial charge in [-0.25, -0.2) is 4.39 Å². The lowest BCUT2D eigenvalue weighted by molar-refractivity contribution is -0.133. The highest BCUT2D eigenvalue weighted by atomic mass is 32.1. The molecule has 4 rings (SSSR count). The normalized spacial score (nSPS) is 31.7. The number of carbonyl (C=O) groups excluding carboxylic acids is 1. The van der Waals surface area contributed by atoms with E-state index >= 15 is 0 Å². The quantitative estimate of drug-likeness (QED) is 0.839. The van der Waals surface area contributed by atoms with Crippen LogP contribution in [0.1, 0.15) is 44.5 Å². The predicted molar refractivity (Wildman–Crippen MR) is 92.0 cm³/mol. The summed E-state index contributed by atoms with van der Waals surface area (Å²) in [4.78, 5) is 16.7. The first-order chi connectivity index (χ1) is 11.5. The highest BCUT2D eigenvalue weighted by Crippen LogP contribution is 2.46. The van der Waals surface area contributed by atoms with E-state index in [4.69, 9.17) is 0 Å². The number of halogens is 1. The molecule has 1 amide bonds. The molecule has 1 aliphatic carbocycles. The minimum Gasteiger partial charge on any atom is -0.347 e. The Morgan fingerprint density at radius 1 is 1.38 bits per heavy atom. The van der Waals surface area contributed by atoms with Gasteiger partial charge in [0.15, 0.2) is 0 Å². The van der Waals surface area contributed by atoms with Gasteiger partial charge in [0, 0.05) is 25.7 Å². The molecule has 1 aromatic rings. The van der Waals surface area contributed by atoms with Gasteiger partial charge < -0.3 is 9.80 Å². The lowest BCUT2D eigenvalue weighted by Crippen LogP contribution is -2.42. The Morgan fingerprint density at radius 2 is 2.08 bits per heavy atom. The first kappa shape index (κ1) is 16.2. The minimum absolute atomic E-state index is 0.0472. The molecule has 1 spiro atoms. The molecule has 3 aliphatic rings. The number of carbonyl (C=O) groups is 1. The standard InChI is InChI=1S/C17H25FN4OS/c1-3-14-19-20-16(24-14)21-6-4-17(5-7-21)9-11(2)22(10-17)15(23)12-8-13(12)18/h11-13H,3-10H2,1-2H3. The number of likely N-dealkylation sites (tertiary alicyclic amines) is 1. The van der Waals surface area contributed by atoms with E-state index in [9.17, 15) is 9.18 Å². The van der Waals surface area contributed by atoms with Crippen molar-refractivity contribution in [3.63, 3.8) is 0 Å². The summed E-state index contributed by atoms with van der Waals surface area (Å²) in [5.74, 6) is -0.303. The molecule has 0 bridgehead atoms. The van der Waals surface area contributed by atoms with E-state index in [0.717, 1.165) is 55.5 Å². The van der Waals surface area contributed by atoms with Gasteiger partial charge >= 0.3 is 0 Å². The van der Waals surface area contributed by atoms with Crippen molar-refractivity contribution >= 4 is 22.4 Å². The topological polar surface area (TPSA) is 49.3 Å². The van der Waals surface area contributed by atoms with Gasteiger partial charge in [0.2, 0.25) is 11.0 Å². The van der Waals surface area contributed by atoms with Crippen LogP contribution in [0.15, 0.2) is 0 Å². The number of anilines is 1. The monoisotopic (exact) mass is 352 g/mol. The van der Waals surface area contributed by atoms with E-state index in [2.05, 4.69) is 28.9 Å². The Kier molecular flexibility index (Phi) is 4.01. The second kappa shape index (κ2) is 5.93. The van der Waals surface area contributed by atoms with Crippen molar-refractivity contribution in [2.45, 2.75) is 58.2 Å². The molecule has 0 N–H and O–H groups in total. The van der Waals surface area contributed by atoms with E-state index in [-0.39, 0.29) is 23.3 Å². The van der Waals surface area contributed by atoms with Crippen LogP contribution in [0.5, 0.6) is 0 Å². The van der Waals surface area contributed by atoms with Gasteiger partial charge in [0.25, 0.3) is 0 Å². The molecule has 132 valence electrons. The molecule has 3 heterocycles. The number of rotatable bonds is 3. The first-order valence-corrected chi connectivity index (χ1v) is 9.85. The molecule has 3 fully saturated rings. The van der Waals surface area contributed by atoms with E-state index in [1.807, 2.05) is 4.90 Å². The fourth-order valence-electron chi connectivity index (χ4n) is 4.30. The van der Waals surface area contributed by atoms with Gasteiger partial charge in [-0.3, -0.25) is 4.79 Å². The number of aromatic nitrogens is 2.